The molecule has 0 aromatic carbocycles. The Balaban J connectivity index is 1.96. The lowest BCUT2D eigenvalue weighted by Crippen LogP contribution is -2.37. The first-order chi connectivity index (χ1) is 8.20. The third-order valence-electron chi connectivity index (χ3n) is 3.44. The van der Waals surface area contributed by atoms with Crippen LogP contribution < -0.4 is 0 Å². The normalized spacial score (nSPS) is 16.9. The van der Waals surface area contributed by atoms with Gasteiger partial charge in [0.2, 0.25) is 0 Å². The van der Waals surface area contributed by atoms with Gasteiger partial charge in [0, 0.05) is 6.04 Å². The number of carbonyl (C=O) groups is 1. The van der Waals surface area contributed by atoms with Gasteiger partial charge in [0.1, 0.15) is 0 Å². The average Bonchev–Trinajstić information content (AvgIpc) is 2.96. The van der Waals surface area contributed by atoms with Crippen molar-refractivity contribution in [2.75, 3.05) is 13.1 Å². The minimum Gasteiger partial charge on any atom is -0.293 e. The molecule has 1 fully saturated rings. The highest BCUT2D eigenvalue weighted by molar-refractivity contribution is 7.18. The van der Waals surface area contributed by atoms with E-state index in [2.05, 4.69) is 11.8 Å². The highest BCUT2D eigenvalue weighted by Gasteiger charge is 2.23. The van der Waals surface area contributed by atoms with Crippen LogP contribution in [-0.2, 0) is 0 Å². The monoisotopic (exact) mass is 271 g/mol. The molecule has 4 heteroatoms. The van der Waals surface area contributed by atoms with E-state index in [1.807, 2.05) is 6.07 Å². The molecular formula is C13H18ClNOS. The molecule has 1 aliphatic rings. The summed E-state index contributed by atoms with van der Waals surface area (Å²) in [6.45, 7) is 3.63. The summed E-state index contributed by atoms with van der Waals surface area (Å²) in [5.74, 6) is 0.204. The van der Waals surface area contributed by atoms with Gasteiger partial charge in [-0.3, -0.25) is 9.69 Å². The fourth-order valence-corrected chi connectivity index (χ4v) is 3.47. The number of hydrogen-bond donors (Lipinski definition) is 0. The molecule has 0 radical (unpaired) electrons. The fourth-order valence-electron chi connectivity index (χ4n) is 2.50. The van der Waals surface area contributed by atoms with E-state index in [0.717, 1.165) is 11.4 Å². The van der Waals surface area contributed by atoms with Crippen LogP contribution in [-0.4, -0.2) is 29.8 Å². The van der Waals surface area contributed by atoms with Gasteiger partial charge in [-0.2, -0.15) is 0 Å². The minimum absolute atomic E-state index is 0.204. The number of hydrogen-bond acceptors (Lipinski definition) is 3. The lowest BCUT2D eigenvalue weighted by molar-refractivity contribution is 0.0903. The molecule has 0 N–H and O–H groups in total. The molecule has 1 aromatic rings. The molecule has 1 aliphatic carbocycles. The van der Waals surface area contributed by atoms with Crippen LogP contribution in [0.25, 0.3) is 0 Å². The molecule has 0 atom stereocenters. The second kappa shape index (κ2) is 5.98. The number of halogens is 1. The summed E-state index contributed by atoms with van der Waals surface area (Å²) in [5, 5.41) is 0. The largest absolute Gasteiger partial charge is 0.293 e. The van der Waals surface area contributed by atoms with E-state index >= 15 is 0 Å². The Morgan fingerprint density at radius 1 is 1.47 bits per heavy atom. The molecule has 1 aromatic heterocycles. The van der Waals surface area contributed by atoms with Crippen molar-refractivity contribution < 1.29 is 4.79 Å². The van der Waals surface area contributed by atoms with E-state index in [1.54, 1.807) is 6.07 Å². The van der Waals surface area contributed by atoms with E-state index < -0.39 is 0 Å². The van der Waals surface area contributed by atoms with Gasteiger partial charge in [-0.15, -0.1) is 11.3 Å². The third kappa shape index (κ3) is 3.30. The molecule has 0 aliphatic heterocycles. The summed E-state index contributed by atoms with van der Waals surface area (Å²) in [6.07, 6.45) is 5.10. The lowest BCUT2D eigenvalue weighted by atomic mass is 10.2. The topological polar surface area (TPSA) is 20.3 Å². The number of Topliss-reactive ketones (excluding diaryl/α,β-unsaturated/α-hetero) is 1. The van der Waals surface area contributed by atoms with E-state index in [1.165, 1.54) is 37.0 Å². The number of carbonyl (C=O) groups excluding carboxylic acids is 1. The van der Waals surface area contributed by atoms with Crippen molar-refractivity contribution in [3.8, 4) is 0 Å². The van der Waals surface area contributed by atoms with Crippen molar-refractivity contribution in [2.24, 2.45) is 0 Å². The summed E-state index contributed by atoms with van der Waals surface area (Å²) in [4.78, 5) is 15.2. The van der Waals surface area contributed by atoms with E-state index in [4.69, 9.17) is 11.6 Å². The summed E-state index contributed by atoms with van der Waals surface area (Å²) >= 11 is 7.23. The maximum absolute atomic E-state index is 12.1. The molecule has 0 saturated heterocycles. The summed E-state index contributed by atoms with van der Waals surface area (Å²) in [7, 11) is 0. The Kier molecular flexibility index (Phi) is 4.60. The predicted molar refractivity (Wildman–Crippen MR) is 73.2 cm³/mol. The van der Waals surface area contributed by atoms with Gasteiger partial charge >= 0.3 is 0 Å². The van der Waals surface area contributed by atoms with Crippen molar-refractivity contribution >= 4 is 28.7 Å². The number of ketones is 1. The van der Waals surface area contributed by atoms with Crippen LogP contribution in [0, 0.1) is 0 Å². The zero-order valence-corrected chi connectivity index (χ0v) is 11.7. The van der Waals surface area contributed by atoms with Crippen LogP contribution in [0.1, 0.15) is 42.3 Å². The predicted octanol–water partition coefficient (Wildman–Crippen LogP) is 3.85. The van der Waals surface area contributed by atoms with Gasteiger partial charge in [0.15, 0.2) is 5.78 Å². The maximum atomic E-state index is 12.1. The number of thiophene rings is 1. The molecule has 0 bridgehead atoms. The zero-order chi connectivity index (χ0) is 12.3. The van der Waals surface area contributed by atoms with Gasteiger partial charge < -0.3 is 0 Å². The van der Waals surface area contributed by atoms with Gasteiger partial charge in [0.25, 0.3) is 0 Å². The zero-order valence-electron chi connectivity index (χ0n) is 10.1. The first-order valence-corrected chi connectivity index (χ1v) is 7.42. The van der Waals surface area contributed by atoms with E-state index in [0.29, 0.717) is 16.9 Å². The van der Waals surface area contributed by atoms with Gasteiger partial charge in [-0.1, -0.05) is 31.4 Å². The second-order valence-corrected chi connectivity index (χ2v) is 6.24. The molecule has 0 unspecified atom stereocenters. The standard InChI is InChI=1S/C13H18ClNOS/c1-2-15(10-5-3-4-6-10)9-11(16)12-7-8-13(14)17-12/h7-8,10H,2-6,9H2,1H3. The Morgan fingerprint density at radius 2 is 2.18 bits per heavy atom. The quantitative estimate of drug-likeness (QED) is 0.758. The molecule has 2 rings (SSSR count). The summed E-state index contributed by atoms with van der Waals surface area (Å²) < 4.78 is 0.692. The highest BCUT2D eigenvalue weighted by atomic mass is 35.5. The Morgan fingerprint density at radius 3 is 2.71 bits per heavy atom. The smallest absolute Gasteiger partial charge is 0.186 e. The Bertz CT molecular complexity index is 385. The molecule has 2 nitrogen and oxygen atoms in total. The highest BCUT2D eigenvalue weighted by Crippen LogP contribution is 2.25. The van der Waals surface area contributed by atoms with E-state index in [9.17, 15) is 4.79 Å². The SMILES string of the molecule is CCN(CC(=O)c1ccc(Cl)s1)C1CCCC1. The van der Waals surface area contributed by atoms with Crippen molar-refractivity contribution in [1.82, 2.24) is 4.90 Å². The molecular weight excluding hydrogens is 254 g/mol. The number of likely N-dealkylation sites (N-methyl/N-ethyl adjacent to an activating group) is 1. The van der Waals surface area contributed by atoms with Crippen LogP contribution in [0.2, 0.25) is 4.34 Å². The number of rotatable bonds is 5. The molecule has 94 valence electrons. The molecule has 0 amide bonds. The van der Waals surface area contributed by atoms with Crippen molar-refractivity contribution in [2.45, 2.75) is 38.6 Å². The Hall–Kier alpha value is -0.380. The molecule has 17 heavy (non-hydrogen) atoms. The van der Waals surface area contributed by atoms with Crippen LogP contribution in [0.4, 0.5) is 0 Å². The van der Waals surface area contributed by atoms with Crippen molar-refractivity contribution in [3.63, 3.8) is 0 Å². The van der Waals surface area contributed by atoms with E-state index in [-0.39, 0.29) is 5.78 Å². The third-order valence-corrected chi connectivity index (χ3v) is 4.71. The second-order valence-electron chi connectivity index (χ2n) is 4.53. The molecule has 1 saturated carbocycles. The van der Waals surface area contributed by atoms with Crippen LogP contribution >= 0.6 is 22.9 Å². The van der Waals surface area contributed by atoms with Crippen LogP contribution in [0.15, 0.2) is 12.1 Å². The average molecular weight is 272 g/mol. The van der Waals surface area contributed by atoms with Crippen molar-refractivity contribution in [3.05, 3.63) is 21.3 Å². The number of nitrogens with zero attached hydrogens (tertiary/aromatic N) is 1. The molecule has 1 heterocycles. The maximum Gasteiger partial charge on any atom is 0.186 e. The minimum atomic E-state index is 0.204. The summed E-state index contributed by atoms with van der Waals surface area (Å²) in [5.41, 5.74) is 0. The van der Waals surface area contributed by atoms with Crippen LogP contribution in [0.3, 0.4) is 0 Å². The first kappa shape index (κ1) is 13.1. The fraction of sp³-hybridized carbons (Fsp3) is 0.615. The first-order valence-electron chi connectivity index (χ1n) is 6.23. The molecule has 0 spiro atoms. The van der Waals surface area contributed by atoms with Crippen molar-refractivity contribution in [1.29, 1.82) is 0 Å². The van der Waals surface area contributed by atoms with Gasteiger partial charge in [-0.05, 0) is 31.5 Å². The van der Waals surface area contributed by atoms with Gasteiger partial charge in [0.05, 0.1) is 15.8 Å². The Labute approximate surface area is 112 Å². The van der Waals surface area contributed by atoms with Gasteiger partial charge in [-0.25, -0.2) is 0 Å². The van der Waals surface area contributed by atoms with Crippen LogP contribution in [0.5, 0.6) is 0 Å². The lowest BCUT2D eigenvalue weighted by Gasteiger charge is -2.26. The summed E-state index contributed by atoms with van der Waals surface area (Å²) in [6, 6.07) is 4.24.